The topological polar surface area (TPSA) is 52.7 Å². The average molecular weight is 412 g/mol. The molecular formula is C24H30FN3O2. The molecular weight excluding hydrogens is 381 g/mol. The van der Waals surface area contributed by atoms with E-state index in [-0.39, 0.29) is 29.5 Å². The Balaban J connectivity index is 1.66. The molecule has 0 unspecified atom stereocenters. The number of piperidine rings is 1. The summed E-state index contributed by atoms with van der Waals surface area (Å²) in [6.45, 7) is 8.14. The summed E-state index contributed by atoms with van der Waals surface area (Å²) in [4.78, 5) is 29.5. The first-order valence-corrected chi connectivity index (χ1v) is 10.6. The molecule has 0 radical (unpaired) electrons. The first kappa shape index (κ1) is 21.8. The number of halogens is 1. The van der Waals surface area contributed by atoms with Crippen LogP contribution in [-0.4, -0.2) is 48.4 Å². The predicted molar refractivity (Wildman–Crippen MR) is 117 cm³/mol. The maximum atomic E-state index is 13.8. The Morgan fingerprint density at radius 2 is 1.67 bits per heavy atom. The molecule has 0 atom stereocenters. The van der Waals surface area contributed by atoms with Gasteiger partial charge in [-0.05, 0) is 57.9 Å². The van der Waals surface area contributed by atoms with Gasteiger partial charge in [0.15, 0.2) is 0 Å². The Kier molecular flexibility index (Phi) is 7.08. The summed E-state index contributed by atoms with van der Waals surface area (Å²) in [6, 6.07) is 13.9. The van der Waals surface area contributed by atoms with Crippen molar-refractivity contribution in [3.63, 3.8) is 0 Å². The zero-order valence-electron chi connectivity index (χ0n) is 17.9. The second-order valence-electron chi connectivity index (χ2n) is 7.92. The normalized spacial score (nSPS) is 14.6. The van der Waals surface area contributed by atoms with E-state index < -0.39 is 5.82 Å². The van der Waals surface area contributed by atoms with Crippen LogP contribution < -0.4 is 10.2 Å². The molecule has 1 fully saturated rings. The highest BCUT2D eigenvalue weighted by molar-refractivity contribution is 6.00. The molecule has 160 valence electrons. The zero-order chi connectivity index (χ0) is 21.7. The van der Waals surface area contributed by atoms with Crippen LogP contribution in [0, 0.1) is 5.82 Å². The van der Waals surface area contributed by atoms with E-state index in [0.29, 0.717) is 12.1 Å². The fraction of sp³-hybridized carbons (Fsp3) is 0.417. The molecule has 2 aromatic rings. The number of carbonyl (C=O) groups excluding carboxylic acids is 2. The van der Waals surface area contributed by atoms with Gasteiger partial charge in [0.05, 0.1) is 11.1 Å². The first-order valence-electron chi connectivity index (χ1n) is 10.6. The van der Waals surface area contributed by atoms with Crippen molar-refractivity contribution in [3.05, 3.63) is 65.5 Å². The van der Waals surface area contributed by atoms with Crippen LogP contribution in [0.2, 0.25) is 0 Å². The van der Waals surface area contributed by atoms with Crippen LogP contribution in [0.4, 0.5) is 10.1 Å². The molecule has 1 aliphatic rings. The van der Waals surface area contributed by atoms with Crippen LogP contribution in [0.5, 0.6) is 0 Å². The second kappa shape index (κ2) is 9.74. The Bertz CT molecular complexity index is 892. The van der Waals surface area contributed by atoms with Gasteiger partial charge in [-0.15, -0.1) is 0 Å². The van der Waals surface area contributed by atoms with Crippen LogP contribution in [0.3, 0.4) is 0 Å². The molecule has 2 aromatic carbocycles. The average Bonchev–Trinajstić information content (AvgIpc) is 2.74. The van der Waals surface area contributed by atoms with Gasteiger partial charge in [-0.2, -0.15) is 0 Å². The van der Waals surface area contributed by atoms with Gasteiger partial charge in [0.25, 0.3) is 11.8 Å². The van der Waals surface area contributed by atoms with Crippen molar-refractivity contribution >= 4 is 17.5 Å². The summed E-state index contributed by atoms with van der Waals surface area (Å²) in [5.74, 6) is -0.846. The summed E-state index contributed by atoms with van der Waals surface area (Å²) < 4.78 is 13.8. The summed E-state index contributed by atoms with van der Waals surface area (Å²) >= 11 is 0. The van der Waals surface area contributed by atoms with Gasteiger partial charge in [0.1, 0.15) is 5.82 Å². The van der Waals surface area contributed by atoms with Gasteiger partial charge < -0.3 is 15.1 Å². The molecule has 3 rings (SSSR count). The maximum Gasteiger partial charge on any atom is 0.256 e. The molecule has 0 saturated carbocycles. The third-order valence-corrected chi connectivity index (χ3v) is 5.65. The fourth-order valence-corrected chi connectivity index (χ4v) is 4.00. The molecule has 1 heterocycles. The minimum absolute atomic E-state index is 0.0148. The standard InChI is InChI=1S/C24H30FN3O2/c1-4-28(17(2)3)24(30)20-10-6-8-12-22(20)27-15-13-18(14-16-27)26-23(29)19-9-5-7-11-21(19)25/h5-12,17-18H,4,13-16H2,1-3H3,(H,26,29). The van der Waals surface area contributed by atoms with Crippen LogP contribution >= 0.6 is 0 Å². The Morgan fingerprint density at radius 1 is 1.07 bits per heavy atom. The van der Waals surface area contributed by atoms with Gasteiger partial charge in [0.2, 0.25) is 0 Å². The van der Waals surface area contributed by atoms with Gasteiger partial charge in [-0.1, -0.05) is 24.3 Å². The molecule has 0 spiro atoms. The summed E-state index contributed by atoms with van der Waals surface area (Å²) in [5, 5.41) is 2.95. The van der Waals surface area contributed by atoms with Crippen LogP contribution in [-0.2, 0) is 0 Å². The third kappa shape index (κ3) is 4.81. The third-order valence-electron chi connectivity index (χ3n) is 5.65. The second-order valence-corrected chi connectivity index (χ2v) is 7.92. The zero-order valence-corrected chi connectivity index (χ0v) is 17.9. The van der Waals surface area contributed by atoms with E-state index in [1.54, 1.807) is 12.1 Å². The van der Waals surface area contributed by atoms with E-state index in [2.05, 4.69) is 10.2 Å². The van der Waals surface area contributed by atoms with Crippen molar-refractivity contribution in [3.8, 4) is 0 Å². The van der Waals surface area contributed by atoms with Crippen LogP contribution in [0.25, 0.3) is 0 Å². The van der Waals surface area contributed by atoms with Crippen molar-refractivity contribution in [2.45, 2.75) is 45.7 Å². The predicted octanol–water partition coefficient (Wildman–Crippen LogP) is 4.10. The van der Waals surface area contributed by atoms with E-state index >= 15 is 0 Å². The van der Waals surface area contributed by atoms with Gasteiger partial charge in [0, 0.05) is 37.4 Å². The number of amides is 2. The van der Waals surface area contributed by atoms with E-state index in [0.717, 1.165) is 31.6 Å². The lowest BCUT2D eigenvalue weighted by molar-refractivity contribution is 0.0717. The van der Waals surface area contributed by atoms with Gasteiger partial charge in [-0.25, -0.2) is 4.39 Å². The lowest BCUT2D eigenvalue weighted by Crippen LogP contribution is -2.45. The molecule has 5 nitrogen and oxygen atoms in total. The number of hydrogen-bond acceptors (Lipinski definition) is 3. The molecule has 30 heavy (non-hydrogen) atoms. The van der Waals surface area contributed by atoms with E-state index in [4.69, 9.17) is 0 Å². The van der Waals surface area contributed by atoms with Crippen molar-refractivity contribution < 1.29 is 14.0 Å². The Labute approximate surface area is 177 Å². The smallest absolute Gasteiger partial charge is 0.256 e. The van der Waals surface area contributed by atoms with E-state index in [9.17, 15) is 14.0 Å². The minimum Gasteiger partial charge on any atom is -0.371 e. The number of nitrogens with zero attached hydrogens (tertiary/aromatic N) is 2. The van der Waals surface area contributed by atoms with Crippen molar-refractivity contribution in [2.24, 2.45) is 0 Å². The molecule has 1 aliphatic heterocycles. The molecule has 6 heteroatoms. The number of nitrogens with one attached hydrogen (secondary N) is 1. The molecule has 0 bridgehead atoms. The monoisotopic (exact) mass is 411 g/mol. The SMILES string of the molecule is CCN(C(=O)c1ccccc1N1CCC(NC(=O)c2ccccc2F)CC1)C(C)C. The van der Waals surface area contributed by atoms with Gasteiger partial charge in [-0.3, -0.25) is 9.59 Å². The van der Waals surface area contributed by atoms with E-state index in [1.165, 1.54) is 12.1 Å². The van der Waals surface area contributed by atoms with E-state index in [1.807, 2.05) is 49.9 Å². The van der Waals surface area contributed by atoms with Crippen LogP contribution in [0.15, 0.2) is 48.5 Å². The Morgan fingerprint density at radius 3 is 2.27 bits per heavy atom. The number of para-hydroxylation sites is 1. The number of rotatable bonds is 6. The summed E-state index contributed by atoms with van der Waals surface area (Å²) in [6.07, 6.45) is 1.48. The molecule has 0 aliphatic carbocycles. The van der Waals surface area contributed by atoms with Crippen molar-refractivity contribution in [1.29, 1.82) is 0 Å². The molecule has 1 N–H and O–H groups in total. The highest BCUT2D eigenvalue weighted by Crippen LogP contribution is 2.26. The lowest BCUT2D eigenvalue weighted by Gasteiger charge is -2.35. The van der Waals surface area contributed by atoms with Crippen molar-refractivity contribution in [1.82, 2.24) is 10.2 Å². The summed E-state index contributed by atoms with van der Waals surface area (Å²) in [7, 11) is 0. The molecule has 0 aromatic heterocycles. The maximum absolute atomic E-state index is 13.8. The lowest BCUT2D eigenvalue weighted by atomic mass is 10.0. The minimum atomic E-state index is -0.509. The fourth-order valence-electron chi connectivity index (χ4n) is 4.00. The number of hydrogen-bond donors (Lipinski definition) is 1. The van der Waals surface area contributed by atoms with Gasteiger partial charge >= 0.3 is 0 Å². The Hall–Kier alpha value is -2.89. The molecule has 1 saturated heterocycles. The van der Waals surface area contributed by atoms with Crippen molar-refractivity contribution in [2.75, 3.05) is 24.5 Å². The number of carbonyl (C=O) groups is 2. The first-order chi connectivity index (χ1) is 14.4. The quantitative estimate of drug-likeness (QED) is 0.779. The summed E-state index contributed by atoms with van der Waals surface area (Å²) in [5.41, 5.74) is 1.71. The highest BCUT2D eigenvalue weighted by atomic mass is 19.1. The number of benzene rings is 2. The highest BCUT2D eigenvalue weighted by Gasteiger charge is 2.26. The molecule has 2 amide bonds. The number of anilines is 1. The largest absolute Gasteiger partial charge is 0.371 e. The van der Waals surface area contributed by atoms with Crippen LogP contribution in [0.1, 0.15) is 54.3 Å².